The smallest absolute Gasteiger partial charge is 0.254 e. The Kier molecular flexibility index (Phi) is 4.76. The lowest BCUT2D eigenvalue weighted by atomic mass is 9.73. The molecule has 2 N–H and O–H groups in total. The molecule has 1 fully saturated rings. The van der Waals surface area contributed by atoms with Gasteiger partial charge in [0.05, 0.1) is 12.7 Å². The number of fused-ring (bicyclic) bond motifs is 1. The summed E-state index contributed by atoms with van der Waals surface area (Å²) in [5.74, 6) is 1.07. The minimum Gasteiger partial charge on any atom is -0.454 e. The number of aliphatic hydroxyl groups excluding tert-OH is 2. The van der Waals surface area contributed by atoms with Crippen LogP contribution < -0.4 is 9.47 Å². The number of nitrogens with zero attached hydrogens (tertiary/aromatic N) is 1. The first kappa shape index (κ1) is 17.8. The largest absolute Gasteiger partial charge is 0.454 e. The molecule has 2 aliphatic rings. The van der Waals surface area contributed by atoms with Crippen LogP contribution in [-0.2, 0) is 6.42 Å². The van der Waals surface area contributed by atoms with E-state index >= 15 is 0 Å². The minimum atomic E-state index is -0.772. The number of likely N-dealkylation sites (tertiary alicyclic amines) is 1. The lowest BCUT2D eigenvalue weighted by molar-refractivity contribution is -0.0668. The number of hydrogen-bond donors (Lipinski definition) is 2. The fraction of sp³-hybridized carbons (Fsp3) is 0.381. The molecular weight excluding hydrogens is 346 g/mol. The Labute approximate surface area is 157 Å². The van der Waals surface area contributed by atoms with Gasteiger partial charge in [0.2, 0.25) is 6.79 Å². The van der Waals surface area contributed by atoms with Gasteiger partial charge in [-0.3, -0.25) is 4.79 Å². The number of carbonyl (C=O) groups is 1. The van der Waals surface area contributed by atoms with E-state index in [4.69, 9.17) is 9.47 Å². The topological polar surface area (TPSA) is 79.2 Å². The number of amides is 1. The Hall–Kier alpha value is -2.57. The summed E-state index contributed by atoms with van der Waals surface area (Å²) in [6.07, 6.45) is 0.281. The molecule has 2 atom stereocenters. The van der Waals surface area contributed by atoms with Crippen LogP contribution in [0.4, 0.5) is 0 Å². The van der Waals surface area contributed by atoms with Crippen molar-refractivity contribution in [2.45, 2.75) is 18.9 Å². The summed E-state index contributed by atoms with van der Waals surface area (Å²) in [7, 11) is 0. The SMILES string of the molecule is O=C(c1ccc2c(c1)OCO2)N1CC[C@@H](O)[C@@](CO)(Cc2ccccc2)C1. The molecule has 0 spiro atoms. The van der Waals surface area contributed by atoms with E-state index in [1.54, 1.807) is 23.1 Å². The molecule has 27 heavy (non-hydrogen) atoms. The summed E-state index contributed by atoms with van der Waals surface area (Å²) >= 11 is 0. The molecule has 2 heterocycles. The molecule has 0 saturated carbocycles. The van der Waals surface area contributed by atoms with Crippen LogP contribution in [-0.4, -0.2) is 53.6 Å². The van der Waals surface area contributed by atoms with Crippen molar-refractivity contribution in [2.75, 3.05) is 26.5 Å². The van der Waals surface area contributed by atoms with E-state index in [1.165, 1.54) is 0 Å². The zero-order valence-corrected chi connectivity index (χ0v) is 15.0. The molecule has 1 saturated heterocycles. The molecule has 0 bridgehead atoms. The Morgan fingerprint density at radius 3 is 2.70 bits per heavy atom. The molecule has 0 aliphatic carbocycles. The number of hydrogen-bond acceptors (Lipinski definition) is 5. The van der Waals surface area contributed by atoms with Crippen molar-refractivity contribution >= 4 is 5.91 Å². The van der Waals surface area contributed by atoms with Gasteiger partial charge in [0.15, 0.2) is 11.5 Å². The van der Waals surface area contributed by atoms with Gasteiger partial charge < -0.3 is 24.6 Å². The second kappa shape index (κ2) is 7.21. The lowest BCUT2D eigenvalue weighted by Crippen LogP contribution is -2.56. The molecule has 2 aromatic rings. The van der Waals surface area contributed by atoms with E-state index in [9.17, 15) is 15.0 Å². The maximum atomic E-state index is 13.0. The van der Waals surface area contributed by atoms with Crippen molar-refractivity contribution in [3.63, 3.8) is 0 Å². The maximum Gasteiger partial charge on any atom is 0.254 e. The third kappa shape index (κ3) is 3.38. The fourth-order valence-electron chi connectivity index (χ4n) is 3.92. The van der Waals surface area contributed by atoms with E-state index < -0.39 is 11.5 Å². The molecule has 4 rings (SSSR count). The first-order valence-corrected chi connectivity index (χ1v) is 9.13. The second-order valence-electron chi connectivity index (χ2n) is 7.28. The van der Waals surface area contributed by atoms with E-state index in [1.807, 2.05) is 30.3 Å². The number of ether oxygens (including phenoxy) is 2. The third-order valence-corrected chi connectivity index (χ3v) is 5.51. The molecule has 0 aromatic heterocycles. The van der Waals surface area contributed by atoms with Crippen LogP contribution in [0, 0.1) is 5.41 Å². The van der Waals surface area contributed by atoms with Crippen LogP contribution in [0.5, 0.6) is 11.5 Å². The number of aliphatic hydroxyl groups is 2. The third-order valence-electron chi connectivity index (χ3n) is 5.51. The molecule has 0 radical (unpaired) electrons. The number of carbonyl (C=O) groups excluding carboxylic acids is 1. The van der Waals surface area contributed by atoms with Crippen molar-refractivity contribution < 1.29 is 24.5 Å². The van der Waals surface area contributed by atoms with Gasteiger partial charge in [-0.2, -0.15) is 0 Å². The molecule has 0 unspecified atom stereocenters. The van der Waals surface area contributed by atoms with Crippen LogP contribution in [0.2, 0.25) is 0 Å². The second-order valence-corrected chi connectivity index (χ2v) is 7.28. The van der Waals surface area contributed by atoms with Crippen LogP contribution in [0.15, 0.2) is 48.5 Å². The van der Waals surface area contributed by atoms with Crippen molar-refractivity contribution in [1.29, 1.82) is 0 Å². The Morgan fingerprint density at radius 1 is 1.15 bits per heavy atom. The monoisotopic (exact) mass is 369 g/mol. The molecular formula is C21H23NO5. The Morgan fingerprint density at radius 2 is 1.93 bits per heavy atom. The average molecular weight is 369 g/mol. The highest BCUT2D eigenvalue weighted by Crippen LogP contribution is 2.36. The van der Waals surface area contributed by atoms with Crippen LogP contribution in [0.25, 0.3) is 0 Å². The highest BCUT2D eigenvalue weighted by atomic mass is 16.7. The van der Waals surface area contributed by atoms with E-state index in [0.717, 1.165) is 5.56 Å². The highest BCUT2D eigenvalue weighted by Gasteiger charge is 2.44. The van der Waals surface area contributed by atoms with Crippen LogP contribution >= 0.6 is 0 Å². The van der Waals surface area contributed by atoms with Gasteiger partial charge in [-0.25, -0.2) is 0 Å². The zero-order valence-electron chi connectivity index (χ0n) is 15.0. The normalized spacial score (nSPS) is 24.1. The van der Waals surface area contributed by atoms with Crippen LogP contribution in [0.1, 0.15) is 22.3 Å². The summed E-state index contributed by atoms with van der Waals surface area (Å²) in [6.45, 7) is 0.722. The predicted molar refractivity (Wildman–Crippen MR) is 98.8 cm³/mol. The Balaban J connectivity index is 1.56. The van der Waals surface area contributed by atoms with Crippen molar-refractivity contribution in [3.05, 3.63) is 59.7 Å². The van der Waals surface area contributed by atoms with Gasteiger partial charge in [-0.15, -0.1) is 0 Å². The standard InChI is InChI=1S/C21H23NO5/c23-13-21(11-15-4-2-1-3-5-15)12-22(9-8-19(21)24)20(25)16-6-7-17-18(10-16)27-14-26-17/h1-7,10,19,23-24H,8-9,11-14H2/t19-,21+/m1/s1. The van der Waals surface area contributed by atoms with Gasteiger partial charge in [0.25, 0.3) is 5.91 Å². The minimum absolute atomic E-state index is 0.133. The predicted octanol–water partition coefficient (Wildman–Crippen LogP) is 1.84. The summed E-state index contributed by atoms with van der Waals surface area (Å²) in [5, 5.41) is 20.8. The van der Waals surface area contributed by atoms with Gasteiger partial charge in [0, 0.05) is 24.1 Å². The molecule has 1 amide bonds. The van der Waals surface area contributed by atoms with Crippen molar-refractivity contribution in [2.24, 2.45) is 5.41 Å². The van der Waals surface area contributed by atoms with Crippen LogP contribution in [0.3, 0.4) is 0 Å². The summed E-state index contributed by atoms with van der Waals surface area (Å²) < 4.78 is 10.7. The van der Waals surface area contributed by atoms with E-state index in [2.05, 4.69) is 0 Å². The highest BCUT2D eigenvalue weighted by molar-refractivity contribution is 5.95. The number of benzene rings is 2. The van der Waals surface area contributed by atoms with Gasteiger partial charge in [-0.1, -0.05) is 30.3 Å². The Bertz CT molecular complexity index is 825. The summed E-state index contributed by atoms with van der Waals surface area (Å²) in [6, 6.07) is 14.9. The fourth-order valence-corrected chi connectivity index (χ4v) is 3.92. The first-order valence-electron chi connectivity index (χ1n) is 9.13. The zero-order chi connectivity index (χ0) is 18.9. The maximum absolute atomic E-state index is 13.0. The molecule has 142 valence electrons. The average Bonchev–Trinajstić information content (AvgIpc) is 3.18. The molecule has 6 heteroatoms. The van der Waals surface area contributed by atoms with E-state index in [0.29, 0.717) is 43.0 Å². The first-order chi connectivity index (χ1) is 13.1. The van der Waals surface area contributed by atoms with Crippen molar-refractivity contribution in [1.82, 2.24) is 4.90 Å². The van der Waals surface area contributed by atoms with Gasteiger partial charge in [0.1, 0.15) is 0 Å². The quantitative estimate of drug-likeness (QED) is 0.860. The molecule has 2 aromatic carbocycles. The van der Waals surface area contributed by atoms with Gasteiger partial charge in [-0.05, 0) is 36.6 Å². The number of piperidine rings is 1. The number of rotatable bonds is 4. The summed E-state index contributed by atoms with van der Waals surface area (Å²) in [5.41, 5.74) is 0.774. The molecule has 2 aliphatic heterocycles. The van der Waals surface area contributed by atoms with Gasteiger partial charge >= 0.3 is 0 Å². The van der Waals surface area contributed by atoms with E-state index in [-0.39, 0.29) is 19.3 Å². The lowest BCUT2D eigenvalue weighted by Gasteiger charge is -2.45. The van der Waals surface area contributed by atoms with Crippen molar-refractivity contribution in [3.8, 4) is 11.5 Å². The molecule has 6 nitrogen and oxygen atoms in total. The summed E-state index contributed by atoms with van der Waals surface area (Å²) in [4.78, 5) is 14.7.